The maximum atomic E-state index is 12.7. The van der Waals surface area contributed by atoms with Gasteiger partial charge in [-0.25, -0.2) is 8.42 Å². The highest BCUT2D eigenvalue weighted by Crippen LogP contribution is 2.38. The van der Waals surface area contributed by atoms with Gasteiger partial charge in [0.05, 0.1) is 28.3 Å². The van der Waals surface area contributed by atoms with E-state index in [1.54, 1.807) is 6.07 Å². The van der Waals surface area contributed by atoms with E-state index in [0.29, 0.717) is 23.4 Å². The maximum absolute atomic E-state index is 12.7. The highest BCUT2D eigenvalue weighted by Gasteiger charge is 2.47. The summed E-state index contributed by atoms with van der Waals surface area (Å²) in [5, 5.41) is 12.5. The molecule has 0 aromatic heterocycles. The summed E-state index contributed by atoms with van der Waals surface area (Å²) < 4.78 is 66.2. The molecule has 1 amide bonds. The molecule has 11 heteroatoms. The van der Waals surface area contributed by atoms with Gasteiger partial charge < -0.3 is 15.2 Å². The number of methoxy groups -OCH3 is 1. The van der Waals surface area contributed by atoms with E-state index >= 15 is 0 Å². The minimum atomic E-state index is -5.59. The Bertz CT molecular complexity index is 1090. The topological polar surface area (TPSA) is 92.7 Å². The van der Waals surface area contributed by atoms with Gasteiger partial charge in [-0.15, -0.1) is 0 Å². The number of rotatable bonds is 4. The van der Waals surface area contributed by atoms with Gasteiger partial charge in [0.15, 0.2) is 0 Å². The van der Waals surface area contributed by atoms with Crippen LogP contribution in [0.25, 0.3) is 0 Å². The smallest absolute Gasteiger partial charge is 0.501 e. The zero-order valence-corrected chi connectivity index (χ0v) is 18.0. The molecule has 6 nitrogen and oxygen atoms in total. The molecule has 0 saturated carbocycles. The summed E-state index contributed by atoms with van der Waals surface area (Å²) in [4.78, 5) is 11.6. The van der Waals surface area contributed by atoms with Crippen LogP contribution in [0.5, 0.6) is 11.5 Å². The SMILES string of the molecule is COc1cc(C(=O)Nc2ccc(S(=O)(=O)C(F)(F)F)cc2Cl)c(O)c(C(C)(C)C)c1. The molecule has 0 saturated heterocycles. The summed E-state index contributed by atoms with van der Waals surface area (Å²) >= 11 is 5.89. The maximum Gasteiger partial charge on any atom is 0.501 e. The standard InChI is InChI=1S/C19H19ClF3NO5S/c1-18(2,3)13-8-10(29-4)7-12(16(13)25)17(26)24-15-6-5-11(9-14(15)20)30(27,28)19(21,22)23/h5-9,25H,1-4H3,(H,24,26). The number of carbonyl (C=O) groups excluding carboxylic acids is 1. The van der Waals surface area contributed by atoms with Crippen LogP contribution in [0, 0.1) is 0 Å². The first-order chi connectivity index (χ1) is 13.6. The van der Waals surface area contributed by atoms with E-state index in [1.807, 2.05) is 20.8 Å². The minimum Gasteiger partial charge on any atom is -0.507 e. The summed E-state index contributed by atoms with van der Waals surface area (Å²) in [6.45, 7) is 5.46. The van der Waals surface area contributed by atoms with Gasteiger partial charge in [-0.2, -0.15) is 13.2 Å². The van der Waals surface area contributed by atoms with Gasteiger partial charge >= 0.3 is 5.51 Å². The summed E-state index contributed by atoms with van der Waals surface area (Å²) in [5.41, 5.74) is -5.87. The minimum absolute atomic E-state index is 0.137. The van der Waals surface area contributed by atoms with Crippen LogP contribution in [0.1, 0.15) is 36.7 Å². The number of hydrogen-bond acceptors (Lipinski definition) is 5. The Morgan fingerprint density at radius 1 is 1.13 bits per heavy atom. The first kappa shape index (κ1) is 23.8. The number of carbonyl (C=O) groups is 1. The Hall–Kier alpha value is -2.46. The largest absolute Gasteiger partial charge is 0.507 e. The van der Waals surface area contributed by atoms with E-state index in [9.17, 15) is 31.5 Å². The van der Waals surface area contributed by atoms with E-state index in [2.05, 4.69) is 5.32 Å². The van der Waals surface area contributed by atoms with Crippen LogP contribution < -0.4 is 10.1 Å². The quantitative estimate of drug-likeness (QED) is 0.670. The van der Waals surface area contributed by atoms with Crippen LogP contribution >= 0.6 is 11.6 Å². The third-order valence-corrected chi connectivity index (χ3v) is 5.97. The van der Waals surface area contributed by atoms with Crippen molar-refractivity contribution in [3.63, 3.8) is 0 Å². The first-order valence-electron chi connectivity index (χ1n) is 8.43. The van der Waals surface area contributed by atoms with Crippen LogP contribution in [0.3, 0.4) is 0 Å². The molecule has 0 heterocycles. The van der Waals surface area contributed by atoms with Crippen LogP contribution in [0.2, 0.25) is 5.02 Å². The molecule has 164 valence electrons. The number of amides is 1. The van der Waals surface area contributed by atoms with E-state index in [1.165, 1.54) is 13.2 Å². The number of halogens is 4. The molecule has 0 aliphatic rings. The van der Waals surface area contributed by atoms with Gasteiger partial charge in [-0.1, -0.05) is 32.4 Å². The van der Waals surface area contributed by atoms with Crippen LogP contribution in [-0.2, 0) is 15.3 Å². The number of phenols is 1. The van der Waals surface area contributed by atoms with Crippen molar-refractivity contribution in [3.8, 4) is 11.5 Å². The van der Waals surface area contributed by atoms with Crippen LogP contribution in [0.15, 0.2) is 35.2 Å². The number of phenolic OH excluding ortho intramolecular Hbond substituents is 1. The van der Waals surface area contributed by atoms with Crippen molar-refractivity contribution in [2.24, 2.45) is 0 Å². The number of alkyl halides is 3. The fourth-order valence-corrected chi connectivity index (χ4v) is 3.64. The summed E-state index contributed by atoms with van der Waals surface area (Å²) in [6, 6.07) is 5.06. The van der Waals surface area contributed by atoms with Gasteiger partial charge in [0.1, 0.15) is 11.5 Å². The van der Waals surface area contributed by atoms with Crippen molar-refractivity contribution >= 4 is 33.0 Å². The molecular formula is C19H19ClF3NO5S. The lowest BCUT2D eigenvalue weighted by Crippen LogP contribution is -2.23. The normalized spacial score (nSPS) is 12.5. The Morgan fingerprint density at radius 3 is 2.20 bits per heavy atom. The number of sulfone groups is 1. The summed E-state index contributed by atoms with van der Waals surface area (Å²) in [6.07, 6.45) is 0. The Balaban J connectivity index is 2.44. The third kappa shape index (κ3) is 4.65. The number of aromatic hydroxyl groups is 1. The zero-order valence-electron chi connectivity index (χ0n) is 16.4. The summed E-state index contributed by atoms with van der Waals surface area (Å²) in [7, 11) is -4.20. The number of ether oxygens (including phenoxy) is 1. The van der Waals surface area contributed by atoms with Crippen molar-refractivity contribution in [1.82, 2.24) is 0 Å². The molecule has 30 heavy (non-hydrogen) atoms. The molecule has 0 aliphatic heterocycles. The summed E-state index contributed by atoms with van der Waals surface area (Å²) in [5.74, 6) is -0.806. The molecule has 0 aliphatic carbocycles. The monoisotopic (exact) mass is 465 g/mol. The second-order valence-electron chi connectivity index (χ2n) is 7.37. The molecule has 0 atom stereocenters. The van der Waals surface area contributed by atoms with Gasteiger partial charge in [-0.3, -0.25) is 4.79 Å². The van der Waals surface area contributed by atoms with E-state index in [4.69, 9.17) is 16.3 Å². The van der Waals surface area contributed by atoms with E-state index < -0.39 is 36.6 Å². The fourth-order valence-electron chi connectivity index (χ4n) is 2.56. The lowest BCUT2D eigenvalue weighted by Gasteiger charge is -2.23. The van der Waals surface area contributed by atoms with Crippen molar-refractivity contribution in [2.45, 2.75) is 36.6 Å². The Labute approximate surface area is 176 Å². The number of anilines is 1. The highest BCUT2D eigenvalue weighted by atomic mass is 35.5. The molecule has 2 N–H and O–H groups in total. The second kappa shape index (κ2) is 7.99. The highest BCUT2D eigenvalue weighted by molar-refractivity contribution is 7.92. The third-order valence-electron chi connectivity index (χ3n) is 4.18. The molecule has 2 aromatic rings. The lowest BCUT2D eigenvalue weighted by atomic mass is 9.85. The van der Waals surface area contributed by atoms with Gasteiger partial charge in [-0.05, 0) is 35.7 Å². The van der Waals surface area contributed by atoms with Crippen molar-refractivity contribution in [1.29, 1.82) is 0 Å². The molecule has 0 bridgehead atoms. The first-order valence-corrected chi connectivity index (χ1v) is 10.3. The molecular weight excluding hydrogens is 447 g/mol. The number of benzene rings is 2. The zero-order chi connectivity index (χ0) is 23.1. The molecule has 0 unspecified atom stereocenters. The molecule has 0 radical (unpaired) electrons. The average molecular weight is 466 g/mol. The number of hydrogen-bond donors (Lipinski definition) is 2. The van der Waals surface area contributed by atoms with Gasteiger partial charge in [0.2, 0.25) is 0 Å². The fraction of sp³-hybridized carbons (Fsp3) is 0.316. The Kier molecular flexibility index (Phi) is 6.34. The average Bonchev–Trinajstić information content (AvgIpc) is 2.61. The molecule has 2 aromatic carbocycles. The lowest BCUT2D eigenvalue weighted by molar-refractivity contribution is -0.0436. The predicted octanol–water partition coefficient (Wildman–Crippen LogP) is 4.90. The van der Waals surface area contributed by atoms with E-state index in [0.717, 1.165) is 6.07 Å². The van der Waals surface area contributed by atoms with Crippen molar-refractivity contribution in [2.75, 3.05) is 12.4 Å². The molecule has 0 spiro atoms. The van der Waals surface area contributed by atoms with Gasteiger partial charge in [0.25, 0.3) is 15.7 Å². The van der Waals surface area contributed by atoms with Crippen LogP contribution in [-0.4, -0.2) is 32.0 Å². The van der Waals surface area contributed by atoms with Crippen molar-refractivity contribution < 1.29 is 36.2 Å². The molecule has 0 fully saturated rings. The second-order valence-corrected chi connectivity index (χ2v) is 9.71. The van der Waals surface area contributed by atoms with E-state index in [-0.39, 0.29) is 17.0 Å². The number of nitrogens with one attached hydrogen (secondary N) is 1. The molecule has 2 rings (SSSR count). The van der Waals surface area contributed by atoms with Crippen molar-refractivity contribution in [3.05, 3.63) is 46.5 Å². The van der Waals surface area contributed by atoms with Crippen LogP contribution in [0.4, 0.5) is 18.9 Å². The van der Waals surface area contributed by atoms with Gasteiger partial charge in [0, 0.05) is 5.56 Å². The predicted molar refractivity (Wildman–Crippen MR) is 106 cm³/mol. The Morgan fingerprint density at radius 2 is 1.73 bits per heavy atom.